The second-order valence-corrected chi connectivity index (χ2v) is 5.62. The number of esters is 1. The lowest BCUT2D eigenvalue weighted by molar-refractivity contribution is -0.146. The quantitative estimate of drug-likeness (QED) is 0.566. The van der Waals surface area contributed by atoms with Gasteiger partial charge in [0, 0.05) is 0 Å². The lowest BCUT2D eigenvalue weighted by atomic mass is 9.79. The molecule has 0 aliphatic rings. The first kappa shape index (κ1) is 16.8. The molecule has 0 heterocycles. The molecule has 0 aromatic heterocycles. The number of hydrogen-bond donors (Lipinski definition) is 0. The van der Waals surface area contributed by atoms with E-state index in [2.05, 4.69) is 6.58 Å². The van der Waals surface area contributed by atoms with Crippen LogP contribution in [-0.4, -0.2) is 13.1 Å². The van der Waals surface area contributed by atoms with Crippen LogP contribution >= 0.6 is 0 Å². The smallest absolute Gasteiger partial charge is 0.316 e. The Morgan fingerprint density at radius 2 is 1.78 bits per heavy atom. The van der Waals surface area contributed by atoms with Crippen molar-refractivity contribution in [1.29, 1.82) is 0 Å². The molecule has 0 aliphatic carbocycles. The molecule has 23 heavy (non-hydrogen) atoms. The predicted octanol–water partition coefficient (Wildman–Crippen LogP) is 4.27. The second kappa shape index (κ2) is 7.63. The summed E-state index contributed by atoms with van der Waals surface area (Å²) in [5.41, 5.74) is 1.27. The molecule has 0 saturated carbocycles. The van der Waals surface area contributed by atoms with Crippen molar-refractivity contribution in [3.05, 3.63) is 78.4 Å². The van der Waals surface area contributed by atoms with Crippen molar-refractivity contribution < 1.29 is 14.3 Å². The van der Waals surface area contributed by atoms with Crippen molar-refractivity contribution in [3.63, 3.8) is 0 Å². The molecule has 0 bridgehead atoms. The third-order valence-electron chi connectivity index (χ3n) is 3.93. The van der Waals surface area contributed by atoms with Crippen LogP contribution < -0.4 is 4.74 Å². The van der Waals surface area contributed by atoms with E-state index < -0.39 is 5.41 Å². The summed E-state index contributed by atoms with van der Waals surface area (Å²) in [6.45, 7) is 6.11. The molecule has 3 heteroatoms. The molecule has 0 fully saturated rings. The van der Waals surface area contributed by atoms with Crippen LogP contribution in [0.5, 0.6) is 5.75 Å². The molecule has 0 N–H and O–H groups in total. The molecule has 2 rings (SSSR count). The summed E-state index contributed by atoms with van der Waals surface area (Å²) < 4.78 is 10.7. The highest BCUT2D eigenvalue weighted by Crippen LogP contribution is 2.31. The van der Waals surface area contributed by atoms with Gasteiger partial charge >= 0.3 is 5.97 Å². The third-order valence-corrected chi connectivity index (χ3v) is 3.93. The van der Waals surface area contributed by atoms with Crippen molar-refractivity contribution >= 4 is 5.97 Å². The van der Waals surface area contributed by atoms with Crippen LogP contribution in [-0.2, 0) is 21.6 Å². The first-order chi connectivity index (χ1) is 11.1. The van der Waals surface area contributed by atoms with Crippen LogP contribution in [0, 0.1) is 0 Å². The summed E-state index contributed by atoms with van der Waals surface area (Å²) in [7, 11) is 1.40. The lowest BCUT2D eigenvalue weighted by Gasteiger charge is -2.26. The van der Waals surface area contributed by atoms with Gasteiger partial charge in [0.05, 0.1) is 12.5 Å². The van der Waals surface area contributed by atoms with Crippen LogP contribution in [0.15, 0.2) is 67.3 Å². The van der Waals surface area contributed by atoms with Crippen LogP contribution in [0.1, 0.15) is 24.5 Å². The van der Waals surface area contributed by atoms with E-state index in [9.17, 15) is 4.79 Å². The van der Waals surface area contributed by atoms with Gasteiger partial charge < -0.3 is 9.47 Å². The molecule has 0 aliphatic heterocycles. The maximum absolute atomic E-state index is 12.1. The van der Waals surface area contributed by atoms with Gasteiger partial charge in [-0.2, -0.15) is 0 Å². The highest BCUT2D eigenvalue weighted by Gasteiger charge is 2.35. The van der Waals surface area contributed by atoms with Gasteiger partial charge in [-0.15, -0.1) is 6.58 Å². The van der Waals surface area contributed by atoms with Crippen molar-refractivity contribution in [2.45, 2.75) is 25.4 Å². The molecule has 2 aromatic carbocycles. The highest BCUT2D eigenvalue weighted by molar-refractivity contribution is 5.82. The summed E-state index contributed by atoms with van der Waals surface area (Å²) >= 11 is 0. The molecule has 0 unspecified atom stereocenters. The number of allylic oxidation sites excluding steroid dienone is 1. The highest BCUT2D eigenvalue weighted by atomic mass is 16.5. The number of benzene rings is 2. The summed E-state index contributed by atoms with van der Waals surface area (Å²) in [5, 5.41) is 0. The number of rotatable bonds is 7. The molecule has 0 saturated heterocycles. The maximum atomic E-state index is 12.1. The Labute approximate surface area is 137 Å². The minimum absolute atomic E-state index is 0.268. The summed E-state index contributed by atoms with van der Waals surface area (Å²) in [6, 6.07) is 17.6. The Kier molecular flexibility index (Phi) is 5.58. The van der Waals surface area contributed by atoms with E-state index in [1.807, 2.05) is 61.5 Å². The first-order valence-corrected chi connectivity index (χ1v) is 7.56. The number of hydrogen-bond acceptors (Lipinski definition) is 3. The van der Waals surface area contributed by atoms with Crippen LogP contribution in [0.3, 0.4) is 0 Å². The Bertz CT molecular complexity index is 646. The fourth-order valence-corrected chi connectivity index (χ4v) is 2.49. The molecule has 120 valence electrons. The lowest BCUT2D eigenvalue weighted by Crippen LogP contribution is -2.33. The molecule has 0 amide bonds. The maximum Gasteiger partial charge on any atom is 0.316 e. The molecule has 0 radical (unpaired) electrons. The number of ether oxygens (including phenoxy) is 2. The van der Waals surface area contributed by atoms with E-state index in [4.69, 9.17) is 9.47 Å². The fraction of sp³-hybridized carbons (Fsp3) is 0.250. The average molecular weight is 310 g/mol. The van der Waals surface area contributed by atoms with E-state index in [1.54, 1.807) is 6.08 Å². The zero-order chi connectivity index (χ0) is 16.7. The van der Waals surface area contributed by atoms with E-state index in [0.717, 1.165) is 16.9 Å². The minimum atomic E-state index is -0.728. The van der Waals surface area contributed by atoms with Crippen molar-refractivity contribution in [1.82, 2.24) is 0 Å². The Morgan fingerprint density at radius 3 is 2.35 bits per heavy atom. The van der Waals surface area contributed by atoms with Gasteiger partial charge in [-0.1, -0.05) is 48.5 Å². The zero-order valence-electron chi connectivity index (χ0n) is 13.6. The van der Waals surface area contributed by atoms with E-state index >= 15 is 0 Å². The molecular formula is C20H22O3. The molecular weight excluding hydrogens is 288 g/mol. The van der Waals surface area contributed by atoms with Gasteiger partial charge in [-0.3, -0.25) is 4.79 Å². The predicted molar refractivity (Wildman–Crippen MR) is 91.4 cm³/mol. The topological polar surface area (TPSA) is 35.5 Å². The van der Waals surface area contributed by atoms with Gasteiger partial charge in [-0.25, -0.2) is 0 Å². The van der Waals surface area contributed by atoms with Gasteiger partial charge in [0.25, 0.3) is 0 Å². The monoisotopic (exact) mass is 310 g/mol. The Balaban J connectivity index is 2.11. The average Bonchev–Trinajstić information content (AvgIpc) is 2.60. The number of carbonyl (C=O) groups excluding carboxylic acids is 1. The van der Waals surface area contributed by atoms with Gasteiger partial charge in [-0.05, 0) is 36.6 Å². The van der Waals surface area contributed by atoms with Crippen molar-refractivity contribution in [2.24, 2.45) is 0 Å². The minimum Gasteiger partial charge on any atom is -0.489 e. The zero-order valence-corrected chi connectivity index (χ0v) is 13.6. The standard InChI is InChI=1S/C20H22O3/c1-4-14-20(2,19(21)22-3)17-10-12-18(13-11-17)23-15-16-8-6-5-7-9-16/h4-13H,1,14-15H2,2-3H3/t20-/m1/s1. The first-order valence-electron chi connectivity index (χ1n) is 7.56. The third kappa shape index (κ3) is 4.01. The SMILES string of the molecule is C=CC[C@@](C)(C(=O)OC)c1ccc(OCc2ccccc2)cc1. The van der Waals surface area contributed by atoms with Gasteiger partial charge in [0.15, 0.2) is 0 Å². The van der Waals surface area contributed by atoms with E-state index in [0.29, 0.717) is 13.0 Å². The number of methoxy groups -OCH3 is 1. The Morgan fingerprint density at radius 1 is 1.13 bits per heavy atom. The normalized spacial score (nSPS) is 13.0. The largest absolute Gasteiger partial charge is 0.489 e. The van der Waals surface area contributed by atoms with Crippen LogP contribution in [0.4, 0.5) is 0 Å². The van der Waals surface area contributed by atoms with Crippen molar-refractivity contribution in [3.8, 4) is 5.75 Å². The number of carbonyl (C=O) groups is 1. The molecule has 1 atom stereocenters. The van der Waals surface area contributed by atoms with E-state index in [1.165, 1.54) is 7.11 Å². The van der Waals surface area contributed by atoms with Gasteiger partial charge in [0.1, 0.15) is 12.4 Å². The molecule has 0 spiro atoms. The Hall–Kier alpha value is -2.55. The van der Waals surface area contributed by atoms with Crippen molar-refractivity contribution in [2.75, 3.05) is 7.11 Å². The second-order valence-electron chi connectivity index (χ2n) is 5.62. The summed E-state index contributed by atoms with van der Waals surface area (Å²) in [5.74, 6) is 0.499. The fourth-order valence-electron chi connectivity index (χ4n) is 2.49. The van der Waals surface area contributed by atoms with Crippen LogP contribution in [0.25, 0.3) is 0 Å². The van der Waals surface area contributed by atoms with Crippen LogP contribution in [0.2, 0.25) is 0 Å². The molecule has 2 aromatic rings. The van der Waals surface area contributed by atoms with Gasteiger partial charge in [0.2, 0.25) is 0 Å². The molecule has 3 nitrogen and oxygen atoms in total. The van der Waals surface area contributed by atoms with E-state index in [-0.39, 0.29) is 5.97 Å². The summed E-state index contributed by atoms with van der Waals surface area (Å²) in [4.78, 5) is 12.1. The summed E-state index contributed by atoms with van der Waals surface area (Å²) in [6.07, 6.45) is 2.25.